The minimum atomic E-state index is -3.68. The third-order valence-electron chi connectivity index (χ3n) is 4.03. The van der Waals surface area contributed by atoms with E-state index < -0.39 is 10.0 Å². The molecule has 1 aliphatic heterocycles. The molecule has 0 aromatic carbocycles. The molecule has 0 bridgehead atoms. The molecule has 3 rings (SSSR count). The van der Waals surface area contributed by atoms with Gasteiger partial charge in [-0.25, -0.2) is 13.1 Å². The molecule has 1 fully saturated rings. The average Bonchev–Trinajstić information content (AvgIpc) is 3.11. The van der Waals surface area contributed by atoms with Crippen molar-refractivity contribution >= 4 is 10.0 Å². The number of aryl methyl sites for hydroxylation is 1. The van der Waals surface area contributed by atoms with E-state index in [2.05, 4.69) is 14.8 Å². The van der Waals surface area contributed by atoms with Crippen LogP contribution in [0.5, 0.6) is 0 Å². The molecule has 1 aliphatic rings. The number of sulfonamides is 1. The van der Waals surface area contributed by atoms with Crippen molar-refractivity contribution in [2.24, 2.45) is 0 Å². The molecular formula is C16H22N4O4S. The lowest BCUT2D eigenvalue weighted by Gasteiger charge is -2.31. The fourth-order valence-electron chi connectivity index (χ4n) is 2.73. The maximum Gasteiger partial charge on any atom is 0.258 e. The Kier molecular flexibility index (Phi) is 5.79. The highest BCUT2D eigenvalue weighted by atomic mass is 32.2. The van der Waals surface area contributed by atoms with Gasteiger partial charge in [-0.1, -0.05) is 6.07 Å². The first-order valence-electron chi connectivity index (χ1n) is 8.23. The van der Waals surface area contributed by atoms with Crippen LogP contribution < -0.4 is 4.72 Å². The topological polar surface area (TPSA) is 95.3 Å². The molecule has 0 aliphatic carbocycles. The van der Waals surface area contributed by atoms with E-state index in [1.165, 1.54) is 16.9 Å². The average molecular weight is 366 g/mol. The standard InChI is InChI=1S/C16H22N4O4S/c1-2-20-16(6-9-18-20)25(21,22)19-14-7-10-23-12-15(14)24-11-13-5-3-4-8-17-13/h3-6,8-9,14-15,19H,2,7,10-12H2,1H3/t14-,15-/m1/s1. The van der Waals surface area contributed by atoms with Crippen molar-refractivity contribution in [3.8, 4) is 0 Å². The van der Waals surface area contributed by atoms with Crippen LogP contribution in [0.2, 0.25) is 0 Å². The number of nitrogens with one attached hydrogen (secondary N) is 1. The van der Waals surface area contributed by atoms with Gasteiger partial charge in [-0.15, -0.1) is 0 Å². The molecule has 2 atom stereocenters. The van der Waals surface area contributed by atoms with E-state index in [-0.39, 0.29) is 17.2 Å². The van der Waals surface area contributed by atoms with Gasteiger partial charge in [0.2, 0.25) is 0 Å². The highest BCUT2D eigenvalue weighted by molar-refractivity contribution is 7.89. The fourth-order valence-corrected chi connectivity index (χ4v) is 4.22. The highest BCUT2D eigenvalue weighted by Gasteiger charge is 2.32. The summed E-state index contributed by atoms with van der Waals surface area (Å²) in [5.41, 5.74) is 0.790. The predicted octanol–water partition coefficient (Wildman–Crippen LogP) is 0.951. The van der Waals surface area contributed by atoms with Crippen LogP contribution in [0.4, 0.5) is 0 Å². The molecule has 0 unspecified atom stereocenters. The van der Waals surface area contributed by atoms with E-state index in [4.69, 9.17) is 9.47 Å². The smallest absolute Gasteiger partial charge is 0.258 e. The molecular weight excluding hydrogens is 344 g/mol. The first kappa shape index (κ1) is 18.0. The number of hydrogen-bond acceptors (Lipinski definition) is 6. The van der Waals surface area contributed by atoms with Crippen LogP contribution in [-0.2, 0) is 32.6 Å². The second-order valence-corrected chi connectivity index (χ2v) is 7.41. The second-order valence-electron chi connectivity index (χ2n) is 5.75. The lowest BCUT2D eigenvalue weighted by atomic mass is 10.1. The molecule has 0 spiro atoms. The number of pyridine rings is 1. The molecule has 0 radical (unpaired) electrons. The van der Waals surface area contributed by atoms with Crippen LogP contribution in [0.15, 0.2) is 41.7 Å². The van der Waals surface area contributed by atoms with Gasteiger partial charge in [-0.3, -0.25) is 9.67 Å². The third-order valence-corrected chi connectivity index (χ3v) is 5.55. The first-order chi connectivity index (χ1) is 12.1. The largest absolute Gasteiger partial charge is 0.379 e. The van der Waals surface area contributed by atoms with Gasteiger partial charge >= 0.3 is 0 Å². The van der Waals surface area contributed by atoms with Crippen molar-refractivity contribution < 1.29 is 17.9 Å². The van der Waals surface area contributed by atoms with Crippen molar-refractivity contribution in [2.45, 2.75) is 43.7 Å². The highest BCUT2D eigenvalue weighted by Crippen LogP contribution is 2.17. The van der Waals surface area contributed by atoms with Crippen molar-refractivity contribution in [3.05, 3.63) is 42.4 Å². The first-order valence-corrected chi connectivity index (χ1v) is 9.72. The maximum atomic E-state index is 12.7. The predicted molar refractivity (Wildman–Crippen MR) is 90.3 cm³/mol. The Morgan fingerprint density at radius 2 is 2.24 bits per heavy atom. The van der Waals surface area contributed by atoms with Gasteiger partial charge in [0.15, 0.2) is 5.03 Å². The Balaban J connectivity index is 1.68. The quantitative estimate of drug-likeness (QED) is 0.784. The number of ether oxygens (including phenoxy) is 2. The summed E-state index contributed by atoms with van der Waals surface area (Å²) < 4.78 is 40.9. The zero-order valence-corrected chi connectivity index (χ0v) is 14.9. The van der Waals surface area contributed by atoms with Crippen molar-refractivity contribution in [3.63, 3.8) is 0 Å². The van der Waals surface area contributed by atoms with Crippen molar-refractivity contribution in [1.82, 2.24) is 19.5 Å². The molecule has 1 N–H and O–H groups in total. The van der Waals surface area contributed by atoms with Crippen LogP contribution in [0, 0.1) is 0 Å². The second kappa shape index (κ2) is 8.05. The van der Waals surface area contributed by atoms with E-state index in [0.29, 0.717) is 32.8 Å². The van der Waals surface area contributed by atoms with E-state index >= 15 is 0 Å². The SMILES string of the molecule is CCn1nccc1S(=O)(=O)N[C@@H]1CCOC[C@H]1OCc1ccccn1. The molecule has 2 aromatic rings. The molecule has 0 saturated carbocycles. The molecule has 136 valence electrons. The number of nitrogens with zero attached hydrogens (tertiary/aromatic N) is 3. The van der Waals surface area contributed by atoms with E-state index in [1.807, 2.05) is 25.1 Å². The van der Waals surface area contributed by atoms with Gasteiger partial charge in [0.1, 0.15) is 0 Å². The van der Waals surface area contributed by atoms with Gasteiger partial charge in [-0.05, 0) is 31.5 Å². The zero-order chi connectivity index (χ0) is 17.7. The number of rotatable bonds is 7. The molecule has 2 aromatic heterocycles. The summed E-state index contributed by atoms with van der Waals surface area (Å²) in [4.78, 5) is 4.21. The summed E-state index contributed by atoms with van der Waals surface area (Å²) in [6.45, 7) is 3.46. The number of hydrogen-bond donors (Lipinski definition) is 1. The van der Waals surface area contributed by atoms with E-state index in [0.717, 1.165) is 5.69 Å². The van der Waals surface area contributed by atoms with E-state index in [9.17, 15) is 8.42 Å². The van der Waals surface area contributed by atoms with Crippen molar-refractivity contribution in [1.29, 1.82) is 0 Å². The lowest BCUT2D eigenvalue weighted by Crippen LogP contribution is -2.50. The van der Waals surface area contributed by atoms with Gasteiger partial charge in [-0.2, -0.15) is 5.10 Å². The number of aromatic nitrogens is 3. The van der Waals surface area contributed by atoms with E-state index in [1.54, 1.807) is 6.20 Å². The Hall–Kier alpha value is -1.81. The lowest BCUT2D eigenvalue weighted by molar-refractivity contribution is -0.0719. The summed E-state index contributed by atoms with van der Waals surface area (Å²) in [7, 11) is -3.68. The summed E-state index contributed by atoms with van der Waals surface area (Å²) in [5.74, 6) is 0. The maximum absolute atomic E-state index is 12.7. The molecule has 0 amide bonds. The fraction of sp³-hybridized carbons (Fsp3) is 0.500. The Labute approximate surface area is 147 Å². The van der Waals surface area contributed by atoms with Crippen LogP contribution in [-0.4, -0.2) is 48.5 Å². The van der Waals surface area contributed by atoms with Gasteiger partial charge in [0.25, 0.3) is 10.0 Å². The normalized spacial score (nSPS) is 21.3. The van der Waals surface area contributed by atoms with Crippen LogP contribution in [0.3, 0.4) is 0 Å². The molecule has 3 heterocycles. The molecule has 8 nitrogen and oxygen atoms in total. The molecule has 25 heavy (non-hydrogen) atoms. The van der Waals surface area contributed by atoms with Crippen LogP contribution in [0.25, 0.3) is 0 Å². The van der Waals surface area contributed by atoms with Crippen LogP contribution >= 0.6 is 0 Å². The van der Waals surface area contributed by atoms with Crippen molar-refractivity contribution in [2.75, 3.05) is 13.2 Å². The van der Waals surface area contributed by atoms with Gasteiger partial charge in [0, 0.05) is 19.3 Å². The summed E-state index contributed by atoms with van der Waals surface area (Å²) in [6.07, 6.45) is 3.36. The van der Waals surface area contributed by atoms with Crippen LogP contribution in [0.1, 0.15) is 19.0 Å². The zero-order valence-electron chi connectivity index (χ0n) is 14.0. The minimum Gasteiger partial charge on any atom is -0.379 e. The van der Waals surface area contributed by atoms with Gasteiger partial charge < -0.3 is 9.47 Å². The summed E-state index contributed by atoms with van der Waals surface area (Å²) in [5, 5.41) is 4.18. The molecule has 9 heteroatoms. The summed E-state index contributed by atoms with van der Waals surface area (Å²) in [6, 6.07) is 6.72. The molecule has 1 saturated heterocycles. The Morgan fingerprint density at radius 3 is 3.00 bits per heavy atom. The third kappa shape index (κ3) is 4.43. The Morgan fingerprint density at radius 1 is 1.36 bits per heavy atom. The Bertz CT molecular complexity index is 778. The monoisotopic (exact) mass is 366 g/mol. The summed E-state index contributed by atoms with van der Waals surface area (Å²) >= 11 is 0. The van der Waals surface area contributed by atoms with Gasteiger partial charge in [0.05, 0.1) is 37.3 Å². The minimum absolute atomic E-state index is 0.157.